The van der Waals surface area contributed by atoms with Gasteiger partial charge in [0.05, 0.1) is 0 Å². The van der Waals surface area contributed by atoms with Crippen molar-refractivity contribution >= 4 is 11.8 Å². The van der Waals surface area contributed by atoms with Gasteiger partial charge >= 0.3 is 6.09 Å². The van der Waals surface area contributed by atoms with Gasteiger partial charge in [-0.3, -0.25) is 0 Å². The number of benzene rings is 2. The lowest BCUT2D eigenvalue weighted by atomic mass is 10.1. The zero-order valence-corrected chi connectivity index (χ0v) is 15.3. The quantitative estimate of drug-likeness (QED) is 0.776. The van der Waals surface area contributed by atoms with Gasteiger partial charge in [-0.2, -0.15) is 0 Å². The van der Waals surface area contributed by atoms with Crippen molar-refractivity contribution in [2.24, 2.45) is 0 Å². The SMILES string of the molecule is Cc1cccc(N2CCN(C(=O)OCC#Cc3ccccc3)CC2C)c1. The number of carbonyl (C=O) groups excluding carboxylic acids is 1. The molecular formula is C22H24N2O2. The lowest BCUT2D eigenvalue weighted by molar-refractivity contribution is 0.106. The number of anilines is 1. The molecule has 1 saturated heterocycles. The molecule has 0 aromatic heterocycles. The Morgan fingerprint density at radius 3 is 2.69 bits per heavy atom. The summed E-state index contributed by atoms with van der Waals surface area (Å²) in [5.41, 5.74) is 3.37. The second kappa shape index (κ2) is 8.44. The number of amides is 1. The maximum Gasteiger partial charge on any atom is 0.410 e. The molecule has 0 bridgehead atoms. The van der Waals surface area contributed by atoms with Crippen molar-refractivity contribution in [3.05, 3.63) is 65.7 Å². The number of rotatable bonds is 2. The molecule has 1 amide bonds. The number of ether oxygens (including phenoxy) is 1. The van der Waals surface area contributed by atoms with E-state index in [1.165, 1.54) is 11.3 Å². The number of nitrogens with zero attached hydrogens (tertiary/aromatic N) is 2. The van der Waals surface area contributed by atoms with Crippen LogP contribution >= 0.6 is 0 Å². The van der Waals surface area contributed by atoms with Gasteiger partial charge in [-0.25, -0.2) is 4.79 Å². The molecule has 1 aliphatic heterocycles. The molecule has 0 saturated carbocycles. The molecule has 4 nitrogen and oxygen atoms in total. The minimum atomic E-state index is -0.289. The van der Waals surface area contributed by atoms with E-state index in [2.05, 4.69) is 54.9 Å². The Morgan fingerprint density at radius 2 is 1.96 bits per heavy atom. The summed E-state index contributed by atoms with van der Waals surface area (Å²) in [6.45, 7) is 6.45. The zero-order valence-electron chi connectivity index (χ0n) is 15.3. The van der Waals surface area contributed by atoms with E-state index in [-0.39, 0.29) is 18.7 Å². The van der Waals surface area contributed by atoms with E-state index in [1.807, 2.05) is 30.3 Å². The van der Waals surface area contributed by atoms with Gasteiger partial charge in [0.15, 0.2) is 6.61 Å². The predicted molar refractivity (Wildman–Crippen MR) is 104 cm³/mol. The molecule has 26 heavy (non-hydrogen) atoms. The molecule has 1 fully saturated rings. The van der Waals surface area contributed by atoms with E-state index in [0.717, 1.165) is 12.1 Å². The van der Waals surface area contributed by atoms with Crippen molar-refractivity contribution in [1.82, 2.24) is 4.90 Å². The minimum Gasteiger partial charge on any atom is -0.436 e. The van der Waals surface area contributed by atoms with Gasteiger partial charge in [-0.05, 0) is 43.7 Å². The van der Waals surface area contributed by atoms with Crippen LogP contribution in [0.2, 0.25) is 0 Å². The van der Waals surface area contributed by atoms with Gasteiger partial charge in [0.25, 0.3) is 0 Å². The minimum absolute atomic E-state index is 0.111. The summed E-state index contributed by atoms with van der Waals surface area (Å²) in [6.07, 6.45) is -0.289. The third-order valence-corrected chi connectivity index (χ3v) is 4.49. The van der Waals surface area contributed by atoms with E-state index in [9.17, 15) is 4.79 Å². The average molecular weight is 348 g/mol. The Bertz CT molecular complexity index is 808. The van der Waals surface area contributed by atoms with Crippen LogP contribution in [0.5, 0.6) is 0 Å². The third-order valence-electron chi connectivity index (χ3n) is 4.49. The van der Waals surface area contributed by atoms with Crippen LogP contribution in [0.4, 0.5) is 10.5 Å². The first kappa shape index (κ1) is 17.9. The van der Waals surface area contributed by atoms with Crippen LogP contribution in [0.3, 0.4) is 0 Å². The summed E-state index contributed by atoms with van der Waals surface area (Å²) in [5.74, 6) is 5.89. The summed E-state index contributed by atoms with van der Waals surface area (Å²) in [6, 6.07) is 18.4. The summed E-state index contributed by atoms with van der Waals surface area (Å²) >= 11 is 0. The van der Waals surface area contributed by atoms with Crippen LogP contribution in [0.25, 0.3) is 0 Å². The predicted octanol–water partition coefficient (Wildman–Crippen LogP) is 3.69. The van der Waals surface area contributed by atoms with Crippen molar-refractivity contribution in [3.63, 3.8) is 0 Å². The Balaban J connectivity index is 1.50. The van der Waals surface area contributed by atoms with Gasteiger partial charge < -0.3 is 14.5 Å². The van der Waals surface area contributed by atoms with Crippen LogP contribution < -0.4 is 4.90 Å². The zero-order chi connectivity index (χ0) is 18.4. The highest BCUT2D eigenvalue weighted by atomic mass is 16.6. The molecule has 0 N–H and O–H groups in total. The molecular weight excluding hydrogens is 324 g/mol. The molecule has 2 aromatic carbocycles. The number of aryl methyl sites for hydroxylation is 1. The van der Waals surface area contributed by atoms with Gasteiger partial charge in [0, 0.05) is 36.9 Å². The first-order valence-electron chi connectivity index (χ1n) is 8.92. The van der Waals surface area contributed by atoms with Crippen LogP contribution in [-0.2, 0) is 4.74 Å². The van der Waals surface area contributed by atoms with E-state index in [4.69, 9.17) is 4.74 Å². The number of hydrogen-bond acceptors (Lipinski definition) is 3. The smallest absolute Gasteiger partial charge is 0.410 e. The molecule has 0 radical (unpaired) electrons. The lowest BCUT2D eigenvalue weighted by Crippen LogP contribution is -2.54. The van der Waals surface area contributed by atoms with Gasteiger partial charge in [0.1, 0.15) is 0 Å². The average Bonchev–Trinajstić information content (AvgIpc) is 2.66. The van der Waals surface area contributed by atoms with Crippen molar-refractivity contribution in [2.45, 2.75) is 19.9 Å². The number of carbonyl (C=O) groups is 1. The fourth-order valence-electron chi connectivity index (χ4n) is 3.16. The number of piperazine rings is 1. The summed E-state index contributed by atoms with van der Waals surface area (Å²) in [4.78, 5) is 16.4. The van der Waals surface area contributed by atoms with E-state index in [0.29, 0.717) is 13.1 Å². The summed E-state index contributed by atoms with van der Waals surface area (Å²) in [7, 11) is 0. The van der Waals surface area contributed by atoms with Crippen LogP contribution in [0, 0.1) is 18.8 Å². The summed E-state index contributed by atoms with van der Waals surface area (Å²) in [5, 5.41) is 0. The molecule has 1 heterocycles. The fourth-order valence-corrected chi connectivity index (χ4v) is 3.16. The van der Waals surface area contributed by atoms with Crippen molar-refractivity contribution in [2.75, 3.05) is 31.1 Å². The highest BCUT2D eigenvalue weighted by Gasteiger charge is 2.27. The first-order chi connectivity index (χ1) is 12.6. The molecule has 0 spiro atoms. The topological polar surface area (TPSA) is 32.8 Å². The largest absolute Gasteiger partial charge is 0.436 e. The van der Waals surface area contributed by atoms with E-state index < -0.39 is 0 Å². The maximum absolute atomic E-state index is 12.3. The van der Waals surface area contributed by atoms with Gasteiger partial charge in [0.2, 0.25) is 0 Å². The Kier molecular flexibility index (Phi) is 5.80. The van der Waals surface area contributed by atoms with Gasteiger partial charge in [-0.1, -0.05) is 42.2 Å². The normalized spacial score (nSPS) is 16.6. The first-order valence-corrected chi connectivity index (χ1v) is 8.92. The molecule has 134 valence electrons. The van der Waals surface area contributed by atoms with Crippen molar-refractivity contribution < 1.29 is 9.53 Å². The van der Waals surface area contributed by atoms with Crippen molar-refractivity contribution in [1.29, 1.82) is 0 Å². The maximum atomic E-state index is 12.3. The molecule has 1 aliphatic rings. The second-order valence-electron chi connectivity index (χ2n) is 6.55. The molecule has 2 aromatic rings. The monoisotopic (exact) mass is 348 g/mol. The van der Waals surface area contributed by atoms with E-state index >= 15 is 0 Å². The highest BCUT2D eigenvalue weighted by molar-refractivity contribution is 5.68. The Hall–Kier alpha value is -2.93. The highest BCUT2D eigenvalue weighted by Crippen LogP contribution is 2.21. The molecule has 1 unspecified atom stereocenters. The van der Waals surface area contributed by atoms with Crippen molar-refractivity contribution in [3.8, 4) is 11.8 Å². The standard InChI is InChI=1S/C22H24N2O2/c1-18-8-6-12-21(16-18)24-14-13-23(17-19(24)2)22(25)26-15-7-11-20-9-4-3-5-10-20/h3-6,8-10,12,16,19H,13-15,17H2,1-2H3. The fraction of sp³-hybridized carbons (Fsp3) is 0.318. The molecule has 1 atom stereocenters. The second-order valence-corrected chi connectivity index (χ2v) is 6.55. The number of hydrogen-bond donors (Lipinski definition) is 0. The van der Waals surface area contributed by atoms with Crippen LogP contribution in [-0.4, -0.2) is 43.3 Å². The molecule has 0 aliphatic carbocycles. The van der Waals surface area contributed by atoms with Crippen LogP contribution in [0.1, 0.15) is 18.1 Å². The molecule has 3 rings (SSSR count). The van der Waals surface area contributed by atoms with E-state index in [1.54, 1.807) is 4.90 Å². The Morgan fingerprint density at radius 1 is 1.15 bits per heavy atom. The van der Waals surface area contributed by atoms with Gasteiger partial charge in [-0.15, -0.1) is 0 Å². The Labute approximate surface area is 155 Å². The van der Waals surface area contributed by atoms with Crippen LogP contribution in [0.15, 0.2) is 54.6 Å². The summed E-state index contributed by atoms with van der Waals surface area (Å²) < 4.78 is 5.31. The lowest BCUT2D eigenvalue weighted by Gasteiger charge is -2.40. The molecule has 4 heteroatoms. The third kappa shape index (κ3) is 4.58.